The topological polar surface area (TPSA) is 62.4 Å². The van der Waals surface area contributed by atoms with Crippen molar-refractivity contribution in [3.8, 4) is 0 Å². The van der Waals surface area contributed by atoms with Crippen molar-refractivity contribution in [1.29, 1.82) is 0 Å². The van der Waals surface area contributed by atoms with Crippen molar-refractivity contribution in [3.05, 3.63) is 57.9 Å². The Bertz CT molecular complexity index is 870. The lowest BCUT2D eigenvalue weighted by atomic mass is 10.0. The second kappa shape index (κ2) is 8.18. The number of carbonyl (C=O) groups is 2. The minimum Gasteiger partial charge on any atom is -0.465 e. The number of aromatic amines is 1. The van der Waals surface area contributed by atoms with Gasteiger partial charge in [0.2, 0.25) is 0 Å². The summed E-state index contributed by atoms with van der Waals surface area (Å²) in [7, 11) is 2.99. The summed E-state index contributed by atoms with van der Waals surface area (Å²) in [5, 5.41) is 0. The monoisotopic (exact) mass is 396 g/mol. The van der Waals surface area contributed by atoms with Crippen molar-refractivity contribution in [1.82, 2.24) is 9.88 Å². The van der Waals surface area contributed by atoms with E-state index in [0.29, 0.717) is 34.6 Å². The minimum atomic E-state index is -4.38. The van der Waals surface area contributed by atoms with Gasteiger partial charge in [-0.3, -0.25) is 9.69 Å². The number of aryl methyl sites for hydroxylation is 1. The number of Topliss-reactive ketones (excluding diaryl/α,β-unsaturated/α-hetero) is 1. The van der Waals surface area contributed by atoms with Gasteiger partial charge in [-0.25, -0.2) is 4.79 Å². The summed E-state index contributed by atoms with van der Waals surface area (Å²) in [5.41, 5.74) is 1.67. The highest BCUT2D eigenvalue weighted by Crippen LogP contribution is 2.29. The van der Waals surface area contributed by atoms with Gasteiger partial charge in [0.1, 0.15) is 0 Å². The third-order valence-electron chi connectivity index (χ3n) is 4.83. The van der Waals surface area contributed by atoms with E-state index in [0.717, 1.165) is 12.1 Å². The molecule has 0 saturated heterocycles. The number of hydrogen-bond acceptors (Lipinski definition) is 4. The predicted octanol–water partition coefficient (Wildman–Crippen LogP) is 4.14. The van der Waals surface area contributed by atoms with Crippen LogP contribution in [0.3, 0.4) is 0 Å². The molecule has 0 amide bonds. The largest absolute Gasteiger partial charge is 0.465 e. The molecule has 28 heavy (non-hydrogen) atoms. The highest BCUT2D eigenvalue weighted by molar-refractivity contribution is 6.03. The smallest absolute Gasteiger partial charge is 0.416 e. The van der Waals surface area contributed by atoms with E-state index in [-0.39, 0.29) is 5.78 Å². The van der Waals surface area contributed by atoms with E-state index in [9.17, 15) is 22.8 Å². The average molecular weight is 396 g/mol. The average Bonchev–Trinajstić information content (AvgIpc) is 2.93. The number of rotatable bonds is 6. The second-order valence-corrected chi connectivity index (χ2v) is 6.77. The van der Waals surface area contributed by atoms with Gasteiger partial charge >= 0.3 is 12.1 Å². The van der Waals surface area contributed by atoms with Crippen LogP contribution in [0.1, 0.15) is 50.2 Å². The van der Waals surface area contributed by atoms with E-state index in [1.54, 1.807) is 32.7 Å². The van der Waals surface area contributed by atoms with E-state index >= 15 is 0 Å². The molecule has 0 unspecified atom stereocenters. The predicted molar refractivity (Wildman–Crippen MR) is 98.3 cm³/mol. The third kappa shape index (κ3) is 4.44. The number of alkyl halides is 3. The minimum absolute atomic E-state index is 0.217. The number of benzene rings is 1. The molecule has 0 spiro atoms. The fraction of sp³-hybridized carbons (Fsp3) is 0.400. The lowest BCUT2D eigenvalue weighted by Gasteiger charge is -2.23. The molecule has 5 nitrogen and oxygen atoms in total. The van der Waals surface area contributed by atoms with Gasteiger partial charge in [0, 0.05) is 12.2 Å². The first kappa shape index (κ1) is 21.7. The number of aromatic nitrogens is 1. The van der Waals surface area contributed by atoms with Crippen molar-refractivity contribution in [2.45, 2.75) is 39.5 Å². The number of H-pyrrole nitrogens is 1. The Morgan fingerprint density at radius 2 is 1.75 bits per heavy atom. The van der Waals surface area contributed by atoms with Crippen LogP contribution in [-0.2, 0) is 17.5 Å². The summed E-state index contributed by atoms with van der Waals surface area (Å²) in [6.07, 6.45) is -4.38. The van der Waals surface area contributed by atoms with Crippen molar-refractivity contribution < 1.29 is 27.5 Å². The molecule has 0 bridgehead atoms. The number of nitrogens with zero attached hydrogens (tertiary/aromatic N) is 1. The zero-order valence-electron chi connectivity index (χ0n) is 16.4. The van der Waals surface area contributed by atoms with Gasteiger partial charge in [-0.15, -0.1) is 0 Å². The van der Waals surface area contributed by atoms with Gasteiger partial charge in [-0.05, 0) is 51.1 Å². The van der Waals surface area contributed by atoms with Crippen molar-refractivity contribution in [2.75, 3.05) is 14.2 Å². The quantitative estimate of drug-likeness (QED) is 0.589. The molecule has 0 fully saturated rings. The fourth-order valence-electron chi connectivity index (χ4n) is 3.04. The first-order chi connectivity index (χ1) is 13.0. The standard InChI is InChI=1S/C20H23F3N2O3/c1-11-16(19(27)28-5)12(2)24-17(11)18(26)13(3)25(4)10-14-6-8-15(9-7-14)20(21,22)23/h6-9,13,24H,10H2,1-5H3/t13-/m1/s1. The number of carbonyl (C=O) groups excluding carboxylic acids is 2. The SMILES string of the molecule is COC(=O)c1c(C)[nH]c(C(=O)[C@@H](C)N(C)Cc2ccc(C(F)(F)F)cc2)c1C. The molecular formula is C20H23F3N2O3. The van der Waals surface area contributed by atoms with Crippen molar-refractivity contribution >= 4 is 11.8 Å². The number of nitrogens with one attached hydrogen (secondary N) is 1. The molecule has 1 aromatic heterocycles. The Kier molecular flexibility index (Phi) is 6.34. The summed E-state index contributed by atoms with van der Waals surface area (Å²) < 4.78 is 42.8. The number of halogens is 3. The molecule has 0 radical (unpaired) electrons. The summed E-state index contributed by atoms with van der Waals surface area (Å²) >= 11 is 0. The summed E-state index contributed by atoms with van der Waals surface area (Å²) in [5.74, 6) is -0.735. The number of likely N-dealkylation sites (N-methyl/N-ethyl adjacent to an activating group) is 1. The highest BCUT2D eigenvalue weighted by Gasteiger charge is 2.30. The Labute approximate surface area is 161 Å². The normalized spacial score (nSPS) is 12.9. The molecule has 0 saturated carbocycles. The van der Waals surface area contributed by atoms with Crippen LogP contribution in [0.15, 0.2) is 24.3 Å². The summed E-state index contributed by atoms with van der Waals surface area (Å²) in [6, 6.07) is 4.30. The number of methoxy groups -OCH3 is 1. The van der Waals surface area contributed by atoms with Crippen LogP contribution >= 0.6 is 0 Å². The summed E-state index contributed by atoms with van der Waals surface area (Å²) in [4.78, 5) is 29.5. The Morgan fingerprint density at radius 1 is 1.18 bits per heavy atom. The van der Waals surface area contributed by atoms with E-state index in [1.807, 2.05) is 0 Å². The van der Waals surface area contributed by atoms with Gasteiger partial charge in [0.15, 0.2) is 5.78 Å². The van der Waals surface area contributed by atoms with Gasteiger partial charge in [-0.2, -0.15) is 13.2 Å². The van der Waals surface area contributed by atoms with Gasteiger partial charge in [-0.1, -0.05) is 12.1 Å². The number of ether oxygens (including phenoxy) is 1. The van der Waals surface area contributed by atoms with Crippen molar-refractivity contribution in [2.24, 2.45) is 0 Å². The van der Waals surface area contributed by atoms with E-state index in [1.165, 1.54) is 19.2 Å². The molecule has 8 heteroatoms. The molecule has 0 aliphatic heterocycles. The van der Waals surface area contributed by atoms with E-state index < -0.39 is 23.8 Å². The van der Waals surface area contributed by atoms with Crippen LogP contribution in [-0.4, -0.2) is 41.8 Å². The zero-order chi connectivity index (χ0) is 21.2. The maximum absolute atomic E-state index is 12.9. The van der Waals surface area contributed by atoms with Crippen molar-refractivity contribution in [3.63, 3.8) is 0 Å². The number of ketones is 1. The molecule has 2 aromatic rings. The number of hydrogen-bond donors (Lipinski definition) is 1. The molecule has 1 heterocycles. The van der Waals surface area contributed by atoms with E-state index in [4.69, 9.17) is 4.74 Å². The fourth-order valence-corrected chi connectivity index (χ4v) is 3.04. The number of esters is 1. The molecule has 1 aromatic carbocycles. The van der Waals surface area contributed by atoms with Gasteiger partial charge < -0.3 is 9.72 Å². The highest BCUT2D eigenvalue weighted by atomic mass is 19.4. The first-order valence-electron chi connectivity index (χ1n) is 8.65. The van der Waals surface area contributed by atoms with Gasteiger partial charge in [0.25, 0.3) is 0 Å². The molecule has 152 valence electrons. The molecule has 2 rings (SSSR count). The zero-order valence-corrected chi connectivity index (χ0v) is 16.4. The van der Waals surface area contributed by atoms with Crippen LogP contribution in [0.2, 0.25) is 0 Å². The second-order valence-electron chi connectivity index (χ2n) is 6.77. The maximum atomic E-state index is 12.9. The molecule has 1 N–H and O–H groups in total. The molecule has 0 aliphatic rings. The van der Waals surface area contributed by atoms with Crippen LogP contribution in [0.25, 0.3) is 0 Å². The lowest BCUT2D eigenvalue weighted by molar-refractivity contribution is -0.137. The molecular weight excluding hydrogens is 373 g/mol. The van der Waals surface area contributed by atoms with Crippen LogP contribution < -0.4 is 0 Å². The maximum Gasteiger partial charge on any atom is 0.416 e. The Balaban J connectivity index is 2.16. The van der Waals surface area contributed by atoms with Gasteiger partial charge in [0.05, 0.1) is 30.0 Å². The first-order valence-corrected chi connectivity index (χ1v) is 8.65. The summed E-state index contributed by atoms with van der Waals surface area (Å²) in [6.45, 7) is 5.37. The van der Waals surface area contributed by atoms with Crippen LogP contribution in [0.4, 0.5) is 13.2 Å². The Hall–Kier alpha value is -2.61. The molecule has 0 aliphatic carbocycles. The molecule has 1 atom stereocenters. The van der Waals surface area contributed by atoms with E-state index in [2.05, 4.69) is 4.98 Å². The van der Waals surface area contributed by atoms with Crippen LogP contribution in [0.5, 0.6) is 0 Å². The Morgan fingerprint density at radius 3 is 2.25 bits per heavy atom. The lowest BCUT2D eigenvalue weighted by Crippen LogP contribution is -2.36. The van der Waals surface area contributed by atoms with Crippen LogP contribution in [0, 0.1) is 13.8 Å². The third-order valence-corrected chi connectivity index (χ3v) is 4.83.